The smallest absolute Gasteiger partial charge is 0.124 e. The number of nitrogens with two attached hydrogens (primary N) is 1. The highest BCUT2D eigenvalue weighted by Crippen LogP contribution is 2.30. The standard InChI is InChI=1S/C11H12BrN3O/c1-15-10(8(12)6-14-15)11(16)7-4-2-3-5-9(7)13/h2-6,11,16H,13H2,1H3. The number of benzene rings is 1. The second kappa shape index (κ2) is 4.27. The lowest BCUT2D eigenvalue weighted by atomic mass is 10.0. The van der Waals surface area contributed by atoms with Gasteiger partial charge >= 0.3 is 0 Å². The minimum atomic E-state index is -0.775. The Labute approximate surface area is 102 Å². The number of hydrogen-bond acceptors (Lipinski definition) is 3. The molecule has 16 heavy (non-hydrogen) atoms. The molecule has 1 heterocycles. The lowest BCUT2D eigenvalue weighted by molar-refractivity contribution is 0.209. The molecule has 0 radical (unpaired) electrons. The van der Waals surface area contributed by atoms with Crippen molar-refractivity contribution in [1.82, 2.24) is 9.78 Å². The third kappa shape index (κ3) is 1.83. The maximum Gasteiger partial charge on any atom is 0.124 e. The van der Waals surface area contributed by atoms with Crippen molar-refractivity contribution in [2.45, 2.75) is 6.10 Å². The molecule has 0 aliphatic carbocycles. The minimum Gasteiger partial charge on any atom is -0.398 e. The van der Waals surface area contributed by atoms with Crippen LogP contribution in [0.3, 0.4) is 0 Å². The molecule has 3 N–H and O–H groups in total. The molecule has 84 valence electrons. The van der Waals surface area contributed by atoms with Gasteiger partial charge in [0.2, 0.25) is 0 Å². The summed E-state index contributed by atoms with van der Waals surface area (Å²) in [5, 5.41) is 14.3. The summed E-state index contributed by atoms with van der Waals surface area (Å²) < 4.78 is 2.40. The van der Waals surface area contributed by atoms with Gasteiger partial charge in [-0.25, -0.2) is 0 Å². The Kier molecular flexibility index (Phi) is 2.98. The number of aryl methyl sites for hydroxylation is 1. The Morgan fingerprint density at radius 3 is 2.69 bits per heavy atom. The summed E-state index contributed by atoms with van der Waals surface area (Å²) in [5.41, 5.74) is 7.77. The highest BCUT2D eigenvalue weighted by Gasteiger charge is 2.19. The quantitative estimate of drug-likeness (QED) is 0.826. The van der Waals surface area contributed by atoms with Gasteiger partial charge in [0.1, 0.15) is 6.10 Å². The average Bonchev–Trinajstić information content (AvgIpc) is 2.58. The molecule has 4 nitrogen and oxygen atoms in total. The molecule has 0 saturated carbocycles. The Bertz CT molecular complexity index is 490. The second-order valence-electron chi connectivity index (χ2n) is 3.53. The number of hydrogen-bond donors (Lipinski definition) is 2. The van der Waals surface area contributed by atoms with Crippen LogP contribution in [0, 0.1) is 0 Å². The number of anilines is 1. The predicted molar refractivity (Wildman–Crippen MR) is 65.8 cm³/mol. The van der Waals surface area contributed by atoms with Crippen molar-refractivity contribution in [3.05, 3.63) is 46.2 Å². The van der Waals surface area contributed by atoms with Gasteiger partial charge in [-0.2, -0.15) is 5.10 Å². The summed E-state index contributed by atoms with van der Waals surface area (Å²) >= 11 is 3.36. The SMILES string of the molecule is Cn1ncc(Br)c1C(O)c1ccccc1N. The third-order valence-electron chi connectivity index (χ3n) is 2.49. The molecule has 1 unspecified atom stereocenters. The molecular formula is C11H12BrN3O. The van der Waals surface area contributed by atoms with Crippen LogP contribution in [-0.4, -0.2) is 14.9 Å². The van der Waals surface area contributed by atoms with Crippen LogP contribution in [-0.2, 0) is 7.05 Å². The van der Waals surface area contributed by atoms with Crippen LogP contribution in [0.25, 0.3) is 0 Å². The summed E-state index contributed by atoms with van der Waals surface area (Å²) in [7, 11) is 1.78. The van der Waals surface area contributed by atoms with Gasteiger partial charge in [0.15, 0.2) is 0 Å². The van der Waals surface area contributed by atoms with E-state index >= 15 is 0 Å². The first-order valence-electron chi connectivity index (χ1n) is 4.81. The molecule has 0 aliphatic rings. The summed E-state index contributed by atoms with van der Waals surface area (Å²) in [6.07, 6.45) is 0.876. The van der Waals surface area contributed by atoms with Crippen molar-refractivity contribution in [1.29, 1.82) is 0 Å². The molecule has 5 heteroatoms. The number of para-hydroxylation sites is 1. The van der Waals surface area contributed by atoms with Crippen LogP contribution < -0.4 is 5.73 Å². The highest BCUT2D eigenvalue weighted by molar-refractivity contribution is 9.10. The molecule has 0 aliphatic heterocycles. The zero-order valence-electron chi connectivity index (χ0n) is 8.76. The zero-order valence-corrected chi connectivity index (χ0v) is 10.3. The van der Waals surface area contributed by atoms with E-state index in [1.807, 2.05) is 12.1 Å². The first-order chi connectivity index (χ1) is 7.61. The van der Waals surface area contributed by atoms with Gasteiger partial charge in [-0.1, -0.05) is 18.2 Å². The van der Waals surface area contributed by atoms with E-state index in [0.29, 0.717) is 16.9 Å². The summed E-state index contributed by atoms with van der Waals surface area (Å²) in [4.78, 5) is 0. The summed E-state index contributed by atoms with van der Waals surface area (Å²) in [5.74, 6) is 0. The van der Waals surface area contributed by atoms with Crippen LogP contribution in [0.15, 0.2) is 34.9 Å². The first-order valence-corrected chi connectivity index (χ1v) is 5.60. The predicted octanol–water partition coefficient (Wildman–Crippen LogP) is 1.85. The zero-order chi connectivity index (χ0) is 11.7. The number of aromatic nitrogens is 2. The highest BCUT2D eigenvalue weighted by atomic mass is 79.9. The van der Waals surface area contributed by atoms with Gasteiger partial charge < -0.3 is 10.8 Å². The molecule has 2 rings (SSSR count). The van der Waals surface area contributed by atoms with E-state index in [1.165, 1.54) is 0 Å². The topological polar surface area (TPSA) is 64.1 Å². The number of halogens is 1. The van der Waals surface area contributed by atoms with Crippen molar-refractivity contribution in [2.75, 3.05) is 5.73 Å². The molecule has 0 fully saturated rings. The lowest BCUT2D eigenvalue weighted by Crippen LogP contribution is -2.09. The molecule has 2 aromatic rings. The van der Waals surface area contributed by atoms with E-state index in [2.05, 4.69) is 21.0 Å². The van der Waals surface area contributed by atoms with Gasteiger partial charge in [0, 0.05) is 18.3 Å². The Balaban J connectivity index is 2.47. The van der Waals surface area contributed by atoms with E-state index in [4.69, 9.17) is 5.73 Å². The van der Waals surface area contributed by atoms with E-state index in [-0.39, 0.29) is 0 Å². The normalized spacial score (nSPS) is 12.7. The van der Waals surface area contributed by atoms with Crippen LogP contribution in [0.4, 0.5) is 5.69 Å². The van der Waals surface area contributed by atoms with E-state index < -0.39 is 6.10 Å². The van der Waals surface area contributed by atoms with Crippen molar-refractivity contribution < 1.29 is 5.11 Å². The fourth-order valence-corrected chi connectivity index (χ4v) is 2.20. The number of rotatable bonds is 2. The van der Waals surface area contributed by atoms with Crippen LogP contribution >= 0.6 is 15.9 Å². The van der Waals surface area contributed by atoms with Crippen LogP contribution in [0.2, 0.25) is 0 Å². The van der Waals surface area contributed by atoms with Gasteiger partial charge in [-0.15, -0.1) is 0 Å². The fraction of sp³-hybridized carbons (Fsp3) is 0.182. The molecule has 1 atom stereocenters. The fourth-order valence-electron chi connectivity index (χ4n) is 1.63. The van der Waals surface area contributed by atoms with Crippen molar-refractivity contribution in [3.63, 3.8) is 0 Å². The number of nitrogen functional groups attached to an aromatic ring is 1. The van der Waals surface area contributed by atoms with Gasteiger partial charge in [-0.05, 0) is 22.0 Å². The third-order valence-corrected chi connectivity index (χ3v) is 3.10. The first kappa shape index (κ1) is 11.2. The van der Waals surface area contributed by atoms with Crippen LogP contribution in [0.1, 0.15) is 17.4 Å². The molecule has 1 aromatic carbocycles. The van der Waals surface area contributed by atoms with E-state index in [1.54, 1.807) is 30.1 Å². The maximum absolute atomic E-state index is 10.3. The summed E-state index contributed by atoms with van der Waals surface area (Å²) in [6, 6.07) is 7.26. The van der Waals surface area contributed by atoms with Crippen molar-refractivity contribution in [3.8, 4) is 0 Å². The van der Waals surface area contributed by atoms with Crippen molar-refractivity contribution >= 4 is 21.6 Å². The summed E-state index contributed by atoms with van der Waals surface area (Å²) in [6.45, 7) is 0. The van der Waals surface area contributed by atoms with Crippen LogP contribution in [0.5, 0.6) is 0 Å². The maximum atomic E-state index is 10.3. The monoisotopic (exact) mass is 281 g/mol. The number of aliphatic hydroxyl groups is 1. The largest absolute Gasteiger partial charge is 0.398 e. The Morgan fingerprint density at radius 1 is 1.44 bits per heavy atom. The Morgan fingerprint density at radius 2 is 2.12 bits per heavy atom. The minimum absolute atomic E-state index is 0.572. The lowest BCUT2D eigenvalue weighted by Gasteiger charge is -2.14. The van der Waals surface area contributed by atoms with Gasteiger partial charge in [0.25, 0.3) is 0 Å². The van der Waals surface area contributed by atoms with Gasteiger partial charge in [-0.3, -0.25) is 4.68 Å². The van der Waals surface area contributed by atoms with Gasteiger partial charge in [0.05, 0.1) is 16.4 Å². The van der Waals surface area contributed by atoms with E-state index in [9.17, 15) is 5.11 Å². The molecule has 1 aromatic heterocycles. The molecule has 0 bridgehead atoms. The van der Waals surface area contributed by atoms with Crippen molar-refractivity contribution in [2.24, 2.45) is 7.05 Å². The molecule has 0 amide bonds. The van der Waals surface area contributed by atoms with E-state index in [0.717, 1.165) is 4.47 Å². The average molecular weight is 282 g/mol. The molecule has 0 spiro atoms. The number of aliphatic hydroxyl groups excluding tert-OH is 1. The molecular weight excluding hydrogens is 270 g/mol. The second-order valence-corrected chi connectivity index (χ2v) is 4.39. The Hall–Kier alpha value is -1.33. The number of nitrogens with zero attached hydrogens (tertiary/aromatic N) is 2. The molecule has 0 saturated heterocycles.